The van der Waals surface area contributed by atoms with Crippen LogP contribution in [0.4, 0.5) is 0 Å². The molecule has 0 unspecified atom stereocenters. The number of amides is 1. The minimum Gasteiger partial charge on any atom is -0.345 e. The summed E-state index contributed by atoms with van der Waals surface area (Å²) in [6.45, 7) is 3.13. The quantitative estimate of drug-likeness (QED) is 0.191. The largest absolute Gasteiger partial charge is 0.345 e. The summed E-state index contributed by atoms with van der Waals surface area (Å²) >= 11 is 5.53. The van der Waals surface area contributed by atoms with E-state index in [1.165, 1.54) is 96.3 Å². The first-order valence-electron chi connectivity index (χ1n) is 10.5. The summed E-state index contributed by atoms with van der Waals surface area (Å²) in [6.07, 6.45) is 22.1. The van der Waals surface area contributed by atoms with Gasteiger partial charge in [-0.1, -0.05) is 103 Å². The Morgan fingerprint density at radius 1 is 0.667 bits per heavy atom. The number of halogens is 1. The van der Waals surface area contributed by atoms with Gasteiger partial charge in [0.1, 0.15) is 5.88 Å². The molecule has 0 aliphatic heterocycles. The zero-order valence-corrected chi connectivity index (χ0v) is 17.2. The molecule has 24 heavy (non-hydrogen) atoms. The number of rotatable bonds is 18. The molecule has 0 saturated carbocycles. The van der Waals surface area contributed by atoms with Crippen LogP contribution in [0, 0.1) is 0 Å². The van der Waals surface area contributed by atoms with E-state index in [0.717, 1.165) is 13.0 Å². The molecule has 2 nitrogen and oxygen atoms in total. The lowest BCUT2D eigenvalue weighted by atomic mass is 10.0. The minimum absolute atomic E-state index is 0.0395. The fourth-order valence-corrected chi connectivity index (χ4v) is 3.33. The molecule has 0 aliphatic carbocycles. The van der Waals surface area contributed by atoms with Gasteiger partial charge in [-0.2, -0.15) is 0 Å². The molecule has 0 aliphatic rings. The molecule has 0 fully saturated rings. The number of carbonyl (C=O) groups is 1. The van der Waals surface area contributed by atoms with Crippen LogP contribution in [0.5, 0.6) is 0 Å². The van der Waals surface area contributed by atoms with E-state index in [1.54, 1.807) is 4.90 Å². The highest BCUT2D eigenvalue weighted by molar-refractivity contribution is 6.27. The lowest BCUT2D eigenvalue weighted by Gasteiger charge is -2.15. The van der Waals surface area contributed by atoms with Gasteiger partial charge in [0.05, 0.1) is 0 Å². The Bertz CT molecular complexity index is 271. The second-order valence-corrected chi connectivity index (χ2v) is 7.52. The van der Waals surface area contributed by atoms with Gasteiger partial charge in [0, 0.05) is 13.6 Å². The number of alkyl halides is 1. The Morgan fingerprint density at radius 2 is 1.00 bits per heavy atom. The first-order valence-corrected chi connectivity index (χ1v) is 11.1. The summed E-state index contributed by atoms with van der Waals surface area (Å²) in [4.78, 5) is 13.0. The first-order chi connectivity index (χ1) is 11.7. The van der Waals surface area contributed by atoms with Crippen molar-refractivity contribution in [1.29, 1.82) is 0 Å². The van der Waals surface area contributed by atoms with Crippen LogP contribution in [0.2, 0.25) is 0 Å². The molecular formula is C21H42ClNO. The molecule has 0 rings (SSSR count). The van der Waals surface area contributed by atoms with Crippen molar-refractivity contribution in [3.05, 3.63) is 0 Å². The summed E-state index contributed by atoms with van der Waals surface area (Å²) in [5, 5.41) is 0. The molecule has 0 heterocycles. The lowest BCUT2D eigenvalue weighted by molar-refractivity contribution is -0.127. The van der Waals surface area contributed by atoms with E-state index in [9.17, 15) is 4.79 Å². The first kappa shape index (κ1) is 23.8. The van der Waals surface area contributed by atoms with Gasteiger partial charge in [-0.25, -0.2) is 0 Å². The third-order valence-electron chi connectivity index (χ3n) is 4.89. The standard InChI is InChI=1S/C21H42ClNO/c1-3-4-5-6-7-8-9-10-11-12-13-14-15-16-17-18-19-23(2)21(24)20-22/h3-20H2,1-2H3. The number of hydrogen-bond acceptors (Lipinski definition) is 1. The highest BCUT2D eigenvalue weighted by Crippen LogP contribution is 2.13. The van der Waals surface area contributed by atoms with Gasteiger partial charge in [0.15, 0.2) is 0 Å². The average Bonchev–Trinajstić information content (AvgIpc) is 2.60. The molecule has 0 spiro atoms. The van der Waals surface area contributed by atoms with Crippen LogP contribution in [0.25, 0.3) is 0 Å². The SMILES string of the molecule is CCCCCCCCCCCCCCCCCCN(C)C(=O)CCl. The summed E-state index contributed by atoms with van der Waals surface area (Å²) in [7, 11) is 1.84. The van der Waals surface area contributed by atoms with Gasteiger partial charge in [-0.05, 0) is 6.42 Å². The van der Waals surface area contributed by atoms with Crippen LogP contribution in [-0.2, 0) is 4.79 Å². The molecule has 0 atom stereocenters. The van der Waals surface area contributed by atoms with Gasteiger partial charge in [-0.15, -0.1) is 11.6 Å². The predicted molar refractivity (Wildman–Crippen MR) is 108 cm³/mol. The normalized spacial score (nSPS) is 11.0. The van der Waals surface area contributed by atoms with Crippen molar-refractivity contribution in [2.45, 2.75) is 110 Å². The molecule has 1 amide bonds. The monoisotopic (exact) mass is 359 g/mol. The van der Waals surface area contributed by atoms with Crippen LogP contribution >= 0.6 is 11.6 Å². The van der Waals surface area contributed by atoms with Crippen molar-refractivity contribution in [2.75, 3.05) is 19.5 Å². The predicted octanol–water partition coefficient (Wildman–Crippen LogP) is 6.95. The van der Waals surface area contributed by atoms with E-state index >= 15 is 0 Å². The van der Waals surface area contributed by atoms with Gasteiger partial charge < -0.3 is 4.90 Å². The number of unbranched alkanes of at least 4 members (excludes halogenated alkanes) is 15. The Kier molecular flexibility index (Phi) is 18.9. The molecule has 0 aromatic heterocycles. The molecule has 0 N–H and O–H groups in total. The molecule has 144 valence electrons. The van der Waals surface area contributed by atoms with Crippen molar-refractivity contribution < 1.29 is 4.79 Å². The van der Waals surface area contributed by atoms with Crippen LogP contribution in [0.1, 0.15) is 110 Å². The number of carbonyl (C=O) groups excluding carboxylic acids is 1. The smallest absolute Gasteiger partial charge is 0.237 e. The molecule has 0 bridgehead atoms. The molecular weight excluding hydrogens is 318 g/mol. The molecule has 0 aromatic rings. The Hall–Kier alpha value is -0.240. The van der Waals surface area contributed by atoms with Crippen LogP contribution in [0.15, 0.2) is 0 Å². The van der Waals surface area contributed by atoms with Crippen molar-refractivity contribution in [1.82, 2.24) is 4.90 Å². The maximum atomic E-state index is 11.3. The second-order valence-electron chi connectivity index (χ2n) is 7.25. The lowest BCUT2D eigenvalue weighted by Crippen LogP contribution is -2.28. The highest BCUT2D eigenvalue weighted by Gasteiger charge is 2.05. The van der Waals surface area contributed by atoms with Crippen LogP contribution in [-0.4, -0.2) is 30.3 Å². The Balaban J connectivity index is 3.09. The fourth-order valence-electron chi connectivity index (χ4n) is 3.12. The van der Waals surface area contributed by atoms with Crippen molar-refractivity contribution in [2.24, 2.45) is 0 Å². The average molecular weight is 360 g/mol. The Labute approximate surface area is 156 Å². The summed E-state index contributed by atoms with van der Waals surface area (Å²) in [5.41, 5.74) is 0. The molecule has 0 saturated heterocycles. The minimum atomic E-state index is 0.0395. The molecule has 0 aromatic carbocycles. The number of hydrogen-bond donors (Lipinski definition) is 0. The van der Waals surface area contributed by atoms with E-state index in [-0.39, 0.29) is 11.8 Å². The van der Waals surface area contributed by atoms with Crippen LogP contribution < -0.4 is 0 Å². The van der Waals surface area contributed by atoms with Gasteiger partial charge in [0.2, 0.25) is 5.91 Å². The van der Waals surface area contributed by atoms with Crippen LogP contribution in [0.3, 0.4) is 0 Å². The van der Waals surface area contributed by atoms with E-state index < -0.39 is 0 Å². The third-order valence-corrected chi connectivity index (χ3v) is 5.12. The van der Waals surface area contributed by atoms with E-state index in [0.29, 0.717) is 0 Å². The van der Waals surface area contributed by atoms with Gasteiger partial charge >= 0.3 is 0 Å². The zero-order valence-electron chi connectivity index (χ0n) is 16.5. The van der Waals surface area contributed by atoms with E-state index in [2.05, 4.69) is 6.92 Å². The Morgan fingerprint density at radius 3 is 1.33 bits per heavy atom. The van der Waals surface area contributed by atoms with Crippen molar-refractivity contribution in [3.8, 4) is 0 Å². The second kappa shape index (κ2) is 19.1. The fraction of sp³-hybridized carbons (Fsp3) is 0.952. The molecule has 0 radical (unpaired) electrons. The summed E-state index contributed by atoms with van der Waals surface area (Å²) < 4.78 is 0. The zero-order chi connectivity index (χ0) is 17.9. The summed E-state index contributed by atoms with van der Waals surface area (Å²) in [5.74, 6) is 0.146. The topological polar surface area (TPSA) is 20.3 Å². The van der Waals surface area contributed by atoms with E-state index in [1.807, 2.05) is 7.05 Å². The van der Waals surface area contributed by atoms with Gasteiger partial charge in [-0.3, -0.25) is 4.79 Å². The maximum absolute atomic E-state index is 11.3. The maximum Gasteiger partial charge on any atom is 0.237 e. The van der Waals surface area contributed by atoms with Gasteiger partial charge in [0.25, 0.3) is 0 Å². The van der Waals surface area contributed by atoms with E-state index in [4.69, 9.17) is 11.6 Å². The van der Waals surface area contributed by atoms with Crippen molar-refractivity contribution >= 4 is 17.5 Å². The van der Waals surface area contributed by atoms with Crippen molar-refractivity contribution in [3.63, 3.8) is 0 Å². The third kappa shape index (κ3) is 16.6. The highest BCUT2D eigenvalue weighted by atomic mass is 35.5. The molecule has 3 heteroatoms. The number of nitrogens with zero attached hydrogens (tertiary/aromatic N) is 1. The summed E-state index contributed by atoms with van der Waals surface area (Å²) in [6, 6.07) is 0.